The van der Waals surface area contributed by atoms with Crippen molar-refractivity contribution in [3.8, 4) is 0 Å². The Bertz CT molecular complexity index is 1810. The van der Waals surface area contributed by atoms with Crippen LogP contribution in [0.15, 0.2) is 91.0 Å². The molecule has 140 valence electrons. The van der Waals surface area contributed by atoms with Gasteiger partial charge in [0.2, 0.25) is 0 Å². The molecule has 7 rings (SSSR count). The molecule has 0 N–H and O–H groups in total. The number of benzene rings is 4. The Hall–Kier alpha value is -3.91. The molecule has 0 aliphatic carbocycles. The molecule has 0 saturated carbocycles. The molecule has 0 aliphatic rings. The van der Waals surface area contributed by atoms with E-state index in [4.69, 9.17) is 4.98 Å². The van der Waals surface area contributed by atoms with E-state index in [0.717, 1.165) is 11.0 Å². The van der Waals surface area contributed by atoms with Gasteiger partial charge in [0.15, 0.2) is 0 Å². The van der Waals surface area contributed by atoms with Gasteiger partial charge in [-0.2, -0.15) is 0 Å². The van der Waals surface area contributed by atoms with Crippen molar-refractivity contribution >= 4 is 59.9 Å². The number of nitrogens with zero attached hydrogens (tertiary/aromatic N) is 2. The molecule has 2 heteroatoms. The first-order valence-electron chi connectivity index (χ1n) is 10.3. The second kappa shape index (κ2) is 5.58. The first kappa shape index (κ1) is 15.9. The predicted molar refractivity (Wildman–Crippen MR) is 127 cm³/mol. The van der Waals surface area contributed by atoms with Gasteiger partial charge in [-0.1, -0.05) is 60.7 Å². The van der Waals surface area contributed by atoms with Gasteiger partial charge in [-0.15, -0.1) is 0 Å². The van der Waals surface area contributed by atoms with Gasteiger partial charge in [-0.25, -0.2) is 4.98 Å². The summed E-state index contributed by atoms with van der Waals surface area (Å²) in [7, 11) is 0. The van der Waals surface area contributed by atoms with Gasteiger partial charge in [0.25, 0.3) is 0 Å². The highest BCUT2D eigenvalue weighted by atomic mass is 14.9. The lowest BCUT2D eigenvalue weighted by molar-refractivity contribution is 1.33. The maximum Gasteiger partial charge on any atom is 0.0824 e. The van der Waals surface area contributed by atoms with Crippen LogP contribution in [0.4, 0.5) is 0 Å². The zero-order valence-electron chi connectivity index (χ0n) is 16.6. The van der Waals surface area contributed by atoms with Crippen molar-refractivity contribution in [3.63, 3.8) is 0 Å². The van der Waals surface area contributed by atoms with Crippen molar-refractivity contribution in [1.82, 2.24) is 9.38 Å². The Kier molecular flexibility index (Phi) is 2.97. The molecule has 0 aliphatic heterocycles. The molecule has 0 radical (unpaired) electrons. The molecular formula is C28H18N2. The van der Waals surface area contributed by atoms with Crippen molar-refractivity contribution in [3.05, 3.63) is 96.6 Å². The standard InChI is InChI=1S/C28H18N2/c1-17-21-11-5-7-13-25(21)30-26-16-19-9-3-2-8-18(19)14-22(26)27-23(28(17)30)15-20-10-4-6-12-24(20)29-27/h2-16H,1H3. The van der Waals surface area contributed by atoms with Gasteiger partial charge >= 0.3 is 0 Å². The van der Waals surface area contributed by atoms with Gasteiger partial charge in [-0.05, 0) is 53.6 Å². The number of aromatic nitrogens is 2. The van der Waals surface area contributed by atoms with Crippen LogP contribution in [-0.2, 0) is 0 Å². The average molecular weight is 382 g/mol. The van der Waals surface area contributed by atoms with E-state index >= 15 is 0 Å². The van der Waals surface area contributed by atoms with E-state index < -0.39 is 0 Å². The maximum atomic E-state index is 5.16. The van der Waals surface area contributed by atoms with Crippen LogP contribution in [0.25, 0.3) is 59.9 Å². The van der Waals surface area contributed by atoms with E-state index in [1.54, 1.807) is 0 Å². The molecule has 0 amide bonds. The molecule has 3 heterocycles. The number of rotatable bonds is 0. The summed E-state index contributed by atoms with van der Waals surface area (Å²) in [6.07, 6.45) is 0. The molecule has 0 saturated heterocycles. The Balaban J connectivity index is 1.89. The van der Waals surface area contributed by atoms with Crippen LogP contribution < -0.4 is 0 Å². The van der Waals surface area contributed by atoms with Gasteiger partial charge in [0, 0.05) is 21.5 Å². The number of hydrogen-bond donors (Lipinski definition) is 0. The van der Waals surface area contributed by atoms with Crippen LogP contribution in [0.2, 0.25) is 0 Å². The lowest BCUT2D eigenvalue weighted by Crippen LogP contribution is -1.94. The van der Waals surface area contributed by atoms with Crippen LogP contribution in [0.3, 0.4) is 0 Å². The molecule has 0 bridgehead atoms. The van der Waals surface area contributed by atoms with Crippen molar-refractivity contribution in [2.75, 3.05) is 0 Å². The van der Waals surface area contributed by atoms with Gasteiger partial charge < -0.3 is 4.40 Å². The molecule has 0 fully saturated rings. The third-order valence-corrected chi connectivity index (χ3v) is 6.47. The molecule has 3 aromatic heterocycles. The van der Waals surface area contributed by atoms with Crippen molar-refractivity contribution in [1.29, 1.82) is 0 Å². The number of para-hydroxylation sites is 2. The first-order valence-corrected chi connectivity index (χ1v) is 10.3. The SMILES string of the molecule is Cc1c2ccccc2n2c3cc4ccccc4cc3c3nc4ccccc4cc3c12. The molecule has 0 spiro atoms. The molecule has 2 nitrogen and oxygen atoms in total. The number of aryl methyl sites for hydroxylation is 1. The molecule has 0 atom stereocenters. The lowest BCUT2D eigenvalue weighted by atomic mass is 10.0. The van der Waals surface area contributed by atoms with Crippen LogP contribution >= 0.6 is 0 Å². The van der Waals surface area contributed by atoms with E-state index in [1.807, 2.05) is 0 Å². The summed E-state index contributed by atoms with van der Waals surface area (Å²) < 4.78 is 2.44. The van der Waals surface area contributed by atoms with Gasteiger partial charge in [-0.3, -0.25) is 0 Å². The summed E-state index contributed by atoms with van der Waals surface area (Å²) in [6.45, 7) is 2.24. The van der Waals surface area contributed by atoms with E-state index in [1.165, 1.54) is 54.4 Å². The fourth-order valence-corrected chi connectivity index (χ4v) is 5.08. The van der Waals surface area contributed by atoms with E-state index in [9.17, 15) is 0 Å². The fourth-order valence-electron chi connectivity index (χ4n) is 5.08. The minimum atomic E-state index is 1.04. The zero-order chi connectivity index (χ0) is 19.8. The first-order chi connectivity index (χ1) is 14.8. The minimum absolute atomic E-state index is 1.04. The highest BCUT2D eigenvalue weighted by Crippen LogP contribution is 2.38. The summed E-state index contributed by atoms with van der Waals surface area (Å²) >= 11 is 0. The fraction of sp³-hybridized carbons (Fsp3) is 0.0357. The third kappa shape index (κ3) is 1.95. The lowest BCUT2D eigenvalue weighted by Gasteiger charge is -2.12. The Labute approximate surface area is 173 Å². The van der Waals surface area contributed by atoms with Crippen molar-refractivity contribution in [2.45, 2.75) is 6.92 Å². The number of fused-ring (bicyclic) bond motifs is 10. The smallest absolute Gasteiger partial charge is 0.0824 e. The Morgan fingerprint density at radius 2 is 1.27 bits per heavy atom. The third-order valence-electron chi connectivity index (χ3n) is 6.47. The van der Waals surface area contributed by atoms with Gasteiger partial charge in [0.05, 0.1) is 27.6 Å². The molecule has 30 heavy (non-hydrogen) atoms. The highest BCUT2D eigenvalue weighted by molar-refractivity contribution is 6.19. The van der Waals surface area contributed by atoms with E-state index in [0.29, 0.717) is 0 Å². The van der Waals surface area contributed by atoms with Crippen molar-refractivity contribution in [2.24, 2.45) is 0 Å². The largest absolute Gasteiger partial charge is 0.308 e. The molecule has 7 aromatic rings. The summed E-state index contributed by atoms with van der Waals surface area (Å²) in [5, 5.41) is 7.38. The number of pyridine rings is 2. The average Bonchev–Trinajstić information content (AvgIpc) is 3.10. The Morgan fingerprint density at radius 3 is 2.13 bits per heavy atom. The second-order valence-corrected chi connectivity index (χ2v) is 8.12. The summed E-state index contributed by atoms with van der Waals surface area (Å²) in [5.41, 5.74) is 7.14. The van der Waals surface area contributed by atoms with Crippen LogP contribution in [0.5, 0.6) is 0 Å². The van der Waals surface area contributed by atoms with Crippen LogP contribution in [0.1, 0.15) is 5.56 Å². The Morgan fingerprint density at radius 1 is 0.600 bits per heavy atom. The summed E-state index contributed by atoms with van der Waals surface area (Å²) in [4.78, 5) is 5.16. The quantitative estimate of drug-likeness (QED) is 0.197. The van der Waals surface area contributed by atoms with Crippen LogP contribution in [0, 0.1) is 6.92 Å². The normalized spacial score (nSPS) is 12.2. The summed E-state index contributed by atoms with van der Waals surface area (Å²) in [5.74, 6) is 0. The maximum absolute atomic E-state index is 5.16. The monoisotopic (exact) mass is 382 g/mol. The van der Waals surface area contributed by atoms with E-state index in [2.05, 4.69) is 102 Å². The van der Waals surface area contributed by atoms with Gasteiger partial charge in [0.1, 0.15) is 0 Å². The molecule has 4 aromatic carbocycles. The number of hydrogen-bond acceptors (Lipinski definition) is 1. The van der Waals surface area contributed by atoms with E-state index in [-0.39, 0.29) is 0 Å². The summed E-state index contributed by atoms with van der Waals surface area (Å²) in [6, 6.07) is 32.6. The van der Waals surface area contributed by atoms with Crippen LogP contribution in [-0.4, -0.2) is 9.38 Å². The predicted octanol–water partition coefficient (Wildman–Crippen LogP) is 7.41. The zero-order valence-corrected chi connectivity index (χ0v) is 16.6. The molecule has 0 unspecified atom stereocenters. The topological polar surface area (TPSA) is 17.3 Å². The molecular weight excluding hydrogens is 364 g/mol. The van der Waals surface area contributed by atoms with Crippen molar-refractivity contribution < 1.29 is 0 Å². The minimum Gasteiger partial charge on any atom is -0.308 e. The highest BCUT2D eigenvalue weighted by Gasteiger charge is 2.17. The second-order valence-electron chi connectivity index (χ2n) is 8.12.